The van der Waals surface area contributed by atoms with Gasteiger partial charge in [0.25, 0.3) is 10.0 Å². The Labute approximate surface area is 181 Å². The van der Waals surface area contributed by atoms with E-state index in [1.54, 1.807) is 48.5 Å². The Balaban J connectivity index is 1.94. The van der Waals surface area contributed by atoms with Gasteiger partial charge in [0.1, 0.15) is 12.3 Å². The molecule has 6 nitrogen and oxygen atoms in total. The molecule has 30 heavy (non-hydrogen) atoms. The molecule has 0 bridgehead atoms. The minimum atomic E-state index is -4.02. The Hall–Kier alpha value is -3.03. The number of sulfonamides is 1. The van der Waals surface area contributed by atoms with Gasteiger partial charge in [-0.05, 0) is 67.1 Å². The van der Waals surface area contributed by atoms with Crippen LogP contribution in [0, 0.1) is 6.92 Å². The van der Waals surface area contributed by atoms with Crippen LogP contribution in [0.4, 0.5) is 11.4 Å². The average molecular weight is 445 g/mol. The Morgan fingerprint density at radius 3 is 2.23 bits per heavy atom. The molecule has 3 aromatic carbocycles. The number of anilines is 2. The molecule has 0 aliphatic carbocycles. The monoisotopic (exact) mass is 444 g/mol. The highest BCUT2D eigenvalue weighted by Crippen LogP contribution is 2.26. The van der Waals surface area contributed by atoms with E-state index in [4.69, 9.17) is 16.3 Å². The molecule has 156 valence electrons. The maximum atomic E-state index is 13.3. The Kier molecular flexibility index (Phi) is 6.64. The third-order valence-electron chi connectivity index (χ3n) is 4.47. The molecule has 1 N–H and O–H groups in total. The normalized spacial score (nSPS) is 11.0. The van der Waals surface area contributed by atoms with Crippen molar-refractivity contribution in [3.8, 4) is 5.75 Å². The van der Waals surface area contributed by atoms with Crippen molar-refractivity contribution >= 4 is 38.9 Å². The van der Waals surface area contributed by atoms with Crippen LogP contribution in [0.5, 0.6) is 5.75 Å². The van der Waals surface area contributed by atoms with E-state index in [1.165, 1.54) is 19.2 Å². The lowest BCUT2D eigenvalue weighted by atomic mass is 10.2. The van der Waals surface area contributed by atoms with Gasteiger partial charge in [-0.15, -0.1) is 0 Å². The number of rotatable bonds is 7. The highest BCUT2D eigenvalue weighted by molar-refractivity contribution is 7.92. The second-order valence-electron chi connectivity index (χ2n) is 6.53. The molecule has 0 radical (unpaired) electrons. The maximum Gasteiger partial charge on any atom is 0.264 e. The minimum Gasteiger partial charge on any atom is -0.497 e. The second kappa shape index (κ2) is 9.19. The number of nitrogens with zero attached hydrogens (tertiary/aromatic N) is 1. The summed E-state index contributed by atoms with van der Waals surface area (Å²) in [5.41, 5.74) is 1.83. The van der Waals surface area contributed by atoms with Gasteiger partial charge in [-0.2, -0.15) is 0 Å². The number of hydrogen-bond donors (Lipinski definition) is 1. The van der Waals surface area contributed by atoms with Crippen molar-refractivity contribution in [2.45, 2.75) is 11.8 Å². The van der Waals surface area contributed by atoms with Crippen molar-refractivity contribution in [3.63, 3.8) is 0 Å². The van der Waals surface area contributed by atoms with Crippen molar-refractivity contribution in [1.29, 1.82) is 0 Å². The first-order valence-corrected chi connectivity index (χ1v) is 10.9. The molecule has 0 saturated heterocycles. The summed E-state index contributed by atoms with van der Waals surface area (Å²) >= 11 is 5.95. The summed E-state index contributed by atoms with van der Waals surface area (Å²) in [6.07, 6.45) is 0. The number of carbonyl (C=O) groups is 1. The molecule has 0 unspecified atom stereocenters. The number of para-hydroxylation sites is 1. The second-order valence-corrected chi connectivity index (χ2v) is 8.83. The average Bonchev–Trinajstić information content (AvgIpc) is 2.74. The number of nitrogens with one attached hydrogen (secondary N) is 1. The van der Waals surface area contributed by atoms with E-state index in [1.807, 2.05) is 19.1 Å². The molecule has 0 heterocycles. The predicted octanol–water partition coefficient (Wildman–Crippen LogP) is 4.49. The van der Waals surface area contributed by atoms with E-state index in [2.05, 4.69) is 5.32 Å². The lowest BCUT2D eigenvalue weighted by Gasteiger charge is -2.24. The third kappa shape index (κ3) is 4.93. The summed E-state index contributed by atoms with van der Waals surface area (Å²) in [7, 11) is -2.52. The van der Waals surface area contributed by atoms with Crippen LogP contribution < -0.4 is 14.4 Å². The van der Waals surface area contributed by atoms with E-state index in [-0.39, 0.29) is 4.90 Å². The topological polar surface area (TPSA) is 75.7 Å². The van der Waals surface area contributed by atoms with Crippen molar-refractivity contribution < 1.29 is 17.9 Å². The lowest BCUT2D eigenvalue weighted by molar-refractivity contribution is -0.114. The molecule has 3 rings (SSSR count). The number of carbonyl (C=O) groups excluding carboxylic acids is 1. The zero-order valence-electron chi connectivity index (χ0n) is 16.5. The van der Waals surface area contributed by atoms with Gasteiger partial charge >= 0.3 is 0 Å². The molecule has 1 amide bonds. The number of halogens is 1. The van der Waals surface area contributed by atoms with Crippen LogP contribution in [0.3, 0.4) is 0 Å². The van der Waals surface area contributed by atoms with Crippen LogP contribution in [0.15, 0.2) is 77.7 Å². The van der Waals surface area contributed by atoms with E-state index >= 15 is 0 Å². The fraction of sp³-hybridized carbons (Fsp3) is 0.136. The minimum absolute atomic E-state index is 0.0435. The van der Waals surface area contributed by atoms with Gasteiger partial charge in [-0.1, -0.05) is 29.8 Å². The first-order valence-electron chi connectivity index (χ1n) is 9.09. The molecule has 0 aliphatic heterocycles. The molecule has 3 aromatic rings. The van der Waals surface area contributed by atoms with Crippen molar-refractivity contribution in [3.05, 3.63) is 83.4 Å². The number of ether oxygens (including phenoxy) is 1. The van der Waals surface area contributed by atoms with Gasteiger partial charge in [0, 0.05) is 10.7 Å². The van der Waals surface area contributed by atoms with Crippen LogP contribution in [0.2, 0.25) is 5.02 Å². The Morgan fingerprint density at radius 2 is 1.63 bits per heavy atom. The number of amides is 1. The van der Waals surface area contributed by atoms with Crippen molar-refractivity contribution in [1.82, 2.24) is 0 Å². The van der Waals surface area contributed by atoms with Gasteiger partial charge in [-0.3, -0.25) is 9.10 Å². The number of benzene rings is 3. The predicted molar refractivity (Wildman–Crippen MR) is 119 cm³/mol. The standard InChI is InChI=1S/C22H21ClN2O4S/c1-16-5-3-4-6-21(16)24-22(26)15-25(18-9-7-17(23)8-10-18)30(27,28)20-13-11-19(29-2)12-14-20/h3-14H,15H2,1-2H3,(H,24,26). The zero-order chi connectivity index (χ0) is 21.7. The van der Waals surface area contributed by atoms with Gasteiger partial charge in [0.05, 0.1) is 17.7 Å². The summed E-state index contributed by atoms with van der Waals surface area (Å²) in [6, 6.07) is 19.5. The van der Waals surface area contributed by atoms with Crippen LogP contribution in [0.1, 0.15) is 5.56 Å². The molecule has 0 aliphatic rings. The van der Waals surface area contributed by atoms with Gasteiger partial charge in [0.2, 0.25) is 5.91 Å². The van der Waals surface area contributed by atoms with Crippen LogP contribution >= 0.6 is 11.6 Å². The lowest BCUT2D eigenvalue weighted by Crippen LogP contribution is -2.38. The van der Waals surface area contributed by atoms with Gasteiger partial charge < -0.3 is 10.1 Å². The molecule has 0 saturated carbocycles. The molecule has 0 fully saturated rings. The molecule has 0 spiro atoms. The first kappa shape index (κ1) is 21.7. The summed E-state index contributed by atoms with van der Waals surface area (Å²) in [5.74, 6) is 0.0700. The number of hydrogen-bond acceptors (Lipinski definition) is 4. The number of aryl methyl sites for hydroxylation is 1. The molecule has 0 atom stereocenters. The van der Waals surface area contributed by atoms with E-state index < -0.39 is 22.5 Å². The fourth-order valence-electron chi connectivity index (χ4n) is 2.83. The van der Waals surface area contributed by atoms with E-state index in [0.717, 1.165) is 9.87 Å². The summed E-state index contributed by atoms with van der Waals surface area (Å²) < 4.78 is 32.8. The van der Waals surface area contributed by atoms with Crippen molar-refractivity contribution in [2.75, 3.05) is 23.3 Å². The highest BCUT2D eigenvalue weighted by atomic mass is 35.5. The van der Waals surface area contributed by atoms with Crippen LogP contribution in [-0.4, -0.2) is 28.0 Å². The highest BCUT2D eigenvalue weighted by Gasteiger charge is 2.27. The number of methoxy groups -OCH3 is 1. The first-order chi connectivity index (χ1) is 14.3. The molecular weight excluding hydrogens is 424 g/mol. The largest absolute Gasteiger partial charge is 0.497 e. The molecule has 0 aromatic heterocycles. The smallest absolute Gasteiger partial charge is 0.264 e. The third-order valence-corrected chi connectivity index (χ3v) is 6.51. The SMILES string of the molecule is COc1ccc(S(=O)(=O)N(CC(=O)Nc2ccccc2C)c2ccc(Cl)cc2)cc1. The van der Waals surface area contributed by atoms with Gasteiger partial charge in [0.15, 0.2) is 0 Å². The van der Waals surface area contributed by atoms with Gasteiger partial charge in [-0.25, -0.2) is 8.42 Å². The van der Waals surface area contributed by atoms with Crippen LogP contribution in [-0.2, 0) is 14.8 Å². The Morgan fingerprint density at radius 1 is 1.00 bits per heavy atom. The Bertz CT molecular complexity index is 1130. The molecule has 8 heteroatoms. The fourth-order valence-corrected chi connectivity index (χ4v) is 4.38. The summed E-state index contributed by atoms with van der Waals surface area (Å²) in [6.45, 7) is 1.46. The van der Waals surface area contributed by atoms with E-state index in [9.17, 15) is 13.2 Å². The van der Waals surface area contributed by atoms with Crippen molar-refractivity contribution in [2.24, 2.45) is 0 Å². The quantitative estimate of drug-likeness (QED) is 0.582. The summed E-state index contributed by atoms with van der Waals surface area (Å²) in [5, 5.41) is 3.24. The molecular formula is C22H21ClN2O4S. The van der Waals surface area contributed by atoms with E-state index in [0.29, 0.717) is 22.1 Å². The maximum absolute atomic E-state index is 13.3. The van der Waals surface area contributed by atoms with Crippen LogP contribution in [0.25, 0.3) is 0 Å². The zero-order valence-corrected chi connectivity index (χ0v) is 18.1. The summed E-state index contributed by atoms with van der Waals surface area (Å²) in [4.78, 5) is 12.8.